The molecule has 2 heterocycles. The summed E-state index contributed by atoms with van der Waals surface area (Å²) < 4.78 is 36.7. The molecule has 1 aliphatic rings. The van der Waals surface area contributed by atoms with E-state index in [0.717, 1.165) is 23.8 Å². The zero-order valence-corrected chi connectivity index (χ0v) is 20.5. The second kappa shape index (κ2) is 10.4. The minimum atomic E-state index is -2.80. The standard InChI is InChI=1S/C23H23FN3O9P/c1-12(20(30)31)26-37(33)36-18-14-6-4-3-5-13(14)7-8-15(18)34-11-16-19(29)23(2,24)21(35-16)27-10-9-17(28)25-22(27)32/h3-10,12,16,19,21,29H,11H2,1-2H3,(H,30,31)(H,25,28,32)/t12-,16+,19+,21+,23+/m0/s1. The zero-order valence-electron chi connectivity index (χ0n) is 19.6. The number of carbonyl (C=O) groups is 1. The van der Waals surface area contributed by atoms with Crippen LogP contribution in [-0.4, -0.2) is 56.3 Å². The lowest BCUT2D eigenvalue weighted by Crippen LogP contribution is -2.43. The average Bonchev–Trinajstić information content (AvgIpc) is 3.06. The first kappa shape index (κ1) is 26.4. The molecule has 1 fully saturated rings. The van der Waals surface area contributed by atoms with Crippen LogP contribution in [-0.2, 0) is 9.53 Å². The Morgan fingerprint density at radius 1 is 1.32 bits per heavy atom. The van der Waals surface area contributed by atoms with Crippen molar-refractivity contribution in [3.63, 3.8) is 0 Å². The van der Waals surface area contributed by atoms with E-state index < -0.39 is 62.1 Å². The van der Waals surface area contributed by atoms with Crippen LogP contribution in [0.5, 0.6) is 11.5 Å². The van der Waals surface area contributed by atoms with Crippen molar-refractivity contribution in [3.05, 3.63) is 69.5 Å². The molecule has 14 heteroatoms. The number of rotatable bonds is 8. The largest absolute Gasteiger partial charge is 0.575 e. The Balaban J connectivity index is 1.61. The number of aliphatic carboxylic acids is 1. The molecule has 0 bridgehead atoms. The van der Waals surface area contributed by atoms with E-state index in [1.54, 1.807) is 30.3 Å². The van der Waals surface area contributed by atoms with E-state index in [9.17, 15) is 24.4 Å². The highest BCUT2D eigenvalue weighted by Gasteiger charge is 2.55. The maximum Gasteiger partial charge on any atom is 0.395 e. The van der Waals surface area contributed by atoms with Gasteiger partial charge in [-0.1, -0.05) is 35.1 Å². The van der Waals surface area contributed by atoms with Crippen LogP contribution in [0.15, 0.2) is 63.0 Å². The number of fused-ring (bicyclic) bond motifs is 1. The molecule has 1 aliphatic heterocycles. The third kappa shape index (κ3) is 5.39. The number of nitrogens with zero attached hydrogens (tertiary/aromatic N) is 2. The predicted octanol–water partition coefficient (Wildman–Crippen LogP) is 1.46. The van der Waals surface area contributed by atoms with E-state index in [1.165, 1.54) is 13.0 Å². The van der Waals surface area contributed by atoms with Gasteiger partial charge in [0.2, 0.25) is 5.75 Å². The van der Waals surface area contributed by atoms with Crippen LogP contribution in [0.3, 0.4) is 0 Å². The number of hydrogen-bond donors (Lipinski definition) is 3. The molecule has 0 spiro atoms. The number of alkyl halides is 1. The molecule has 196 valence electrons. The zero-order chi connectivity index (χ0) is 26.9. The molecule has 0 saturated carbocycles. The molecule has 6 atom stereocenters. The van der Waals surface area contributed by atoms with Crippen molar-refractivity contribution in [1.82, 2.24) is 9.55 Å². The van der Waals surface area contributed by atoms with Crippen LogP contribution >= 0.6 is 8.17 Å². The van der Waals surface area contributed by atoms with Gasteiger partial charge in [0.25, 0.3) is 5.56 Å². The fourth-order valence-corrected chi connectivity index (χ4v) is 4.63. The van der Waals surface area contributed by atoms with Gasteiger partial charge in [-0.05, 0) is 25.3 Å². The Morgan fingerprint density at radius 2 is 2.05 bits per heavy atom. The van der Waals surface area contributed by atoms with Gasteiger partial charge in [0.1, 0.15) is 18.8 Å². The van der Waals surface area contributed by atoms with Crippen LogP contribution in [0, 0.1) is 0 Å². The lowest BCUT2D eigenvalue weighted by molar-refractivity contribution is -0.169. The molecule has 4 rings (SSSR count). The lowest BCUT2D eigenvalue weighted by atomic mass is 9.98. The SMILES string of the molecule is C[C@H](N=[P+]([O-])Oc1c(OC[C@H]2O[C@@H](n3ccc(=O)[nH]c3=O)[C@](C)(F)[C@@H]2O)ccc2ccccc12)C(=O)O. The Hall–Kier alpha value is -3.64. The number of aliphatic hydroxyl groups excluding tert-OH is 1. The van der Waals surface area contributed by atoms with Crippen LogP contribution in [0.1, 0.15) is 20.1 Å². The van der Waals surface area contributed by atoms with E-state index in [-0.39, 0.29) is 11.5 Å². The molecule has 1 unspecified atom stereocenters. The number of aromatic nitrogens is 2. The fraction of sp³-hybridized carbons (Fsp3) is 0.348. The maximum absolute atomic E-state index is 15.5. The molecule has 3 aromatic rings. The summed E-state index contributed by atoms with van der Waals surface area (Å²) in [6, 6.07) is 9.84. The number of aliphatic hydroxyl groups is 1. The van der Waals surface area contributed by atoms with Gasteiger partial charge in [-0.25, -0.2) is 14.0 Å². The molecule has 1 aromatic heterocycles. The molecular weight excluding hydrogens is 512 g/mol. The third-order valence-corrected chi connectivity index (χ3v) is 6.74. The smallest absolute Gasteiger partial charge is 0.395 e. The van der Waals surface area contributed by atoms with E-state index >= 15 is 4.39 Å². The third-order valence-electron chi connectivity index (χ3n) is 5.86. The molecule has 0 amide bonds. The van der Waals surface area contributed by atoms with Crippen molar-refractivity contribution in [2.75, 3.05) is 6.61 Å². The minimum absolute atomic E-state index is 0.00412. The number of carboxylic acid groups (broad SMARTS) is 1. The number of ether oxygens (including phenoxy) is 2. The monoisotopic (exact) mass is 535 g/mol. The number of halogens is 1. The van der Waals surface area contributed by atoms with Gasteiger partial charge in [0, 0.05) is 17.6 Å². The van der Waals surface area contributed by atoms with Gasteiger partial charge in [-0.2, -0.15) is 0 Å². The van der Waals surface area contributed by atoms with Crippen molar-refractivity contribution < 1.29 is 38.3 Å². The second-order valence-electron chi connectivity index (χ2n) is 8.52. The van der Waals surface area contributed by atoms with Gasteiger partial charge >= 0.3 is 19.8 Å². The summed E-state index contributed by atoms with van der Waals surface area (Å²) in [5.74, 6) is -1.22. The topological polar surface area (TPSA) is 175 Å². The fourth-order valence-electron chi connectivity index (χ4n) is 3.86. The Bertz CT molecular complexity index is 1470. The van der Waals surface area contributed by atoms with Gasteiger partial charge in [0.15, 0.2) is 23.7 Å². The van der Waals surface area contributed by atoms with E-state index in [4.69, 9.17) is 19.1 Å². The molecular formula is C23H23FN3O9P. The van der Waals surface area contributed by atoms with E-state index in [1.807, 2.05) is 4.98 Å². The number of benzene rings is 2. The summed E-state index contributed by atoms with van der Waals surface area (Å²) in [4.78, 5) is 49.0. The first-order chi connectivity index (χ1) is 17.5. The van der Waals surface area contributed by atoms with Crippen LogP contribution < -0.4 is 25.4 Å². The molecule has 1 saturated heterocycles. The van der Waals surface area contributed by atoms with Crippen molar-refractivity contribution in [1.29, 1.82) is 0 Å². The number of nitrogens with one attached hydrogen (secondary N) is 1. The average molecular weight is 535 g/mol. The molecule has 0 aliphatic carbocycles. The van der Waals surface area contributed by atoms with Gasteiger partial charge in [0.05, 0.1) is 0 Å². The Morgan fingerprint density at radius 3 is 2.76 bits per heavy atom. The minimum Gasteiger partial charge on any atom is -0.575 e. The highest BCUT2D eigenvalue weighted by molar-refractivity contribution is 7.34. The second-order valence-corrected chi connectivity index (χ2v) is 9.41. The summed E-state index contributed by atoms with van der Waals surface area (Å²) in [6.07, 6.45) is -3.46. The van der Waals surface area contributed by atoms with Crippen molar-refractivity contribution >= 4 is 24.9 Å². The van der Waals surface area contributed by atoms with Crippen LogP contribution in [0.2, 0.25) is 0 Å². The maximum atomic E-state index is 15.5. The lowest BCUT2D eigenvalue weighted by Gasteiger charge is -2.24. The quantitative estimate of drug-likeness (QED) is 0.361. The highest BCUT2D eigenvalue weighted by Crippen LogP contribution is 2.43. The van der Waals surface area contributed by atoms with Gasteiger partial charge in [-0.15, -0.1) is 0 Å². The molecule has 12 nitrogen and oxygen atoms in total. The van der Waals surface area contributed by atoms with E-state index in [0.29, 0.717) is 10.8 Å². The Kier molecular flexibility index (Phi) is 7.42. The highest BCUT2D eigenvalue weighted by atomic mass is 31.1. The van der Waals surface area contributed by atoms with E-state index in [2.05, 4.69) is 4.74 Å². The van der Waals surface area contributed by atoms with Crippen molar-refractivity contribution in [2.24, 2.45) is 4.74 Å². The van der Waals surface area contributed by atoms with Crippen molar-refractivity contribution in [2.45, 2.75) is 44.0 Å². The first-order valence-corrected chi connectivity index (χ1v) is 12.2. The molecule has 37 heavy (non-hydrogen) atoms. The summed E-state index contributed by atoms with van der Waals surface area (Å²) in [5, 5.41) is 20.8. The summed E-state index contributed by atoms with van der Waals surface area (Å²) >= 11 is 0. The number of hydrogen-bond acceptors (Lipinski definition) is 9. The van der Waals surface area contributed by atoms with Gasteiger partial charge in [-0.3, -0.25) is 18.9 Å². The van der Waals surface area contributed by atoms with Crippen LogP contribution in [0.4, 0.5) is 4.39 Å². The Labute approximate surface area is 209 Å². The predicted molar refractivity (Wildman–Crippen MR) is 127 cm³/mol. The number of carboxylic acids is 1. The normalized spacial score (nSPS) is 24.7. The van der Waals surface area contributed by atoms with Gasteiger partial charge < -0.3 is 24.6 Å². The first-order valence-electron chi connectivity index (χ1n) is 11.1. The molecule has 3 N–H and O–H groups in total. The summed E-state index contributed by atoms with van der Waals surface area (Å²) in [7, 11) is -2.80. The van der Waals surface area contributed by atoms with Crippen molar-refractivity contribution in [3.8, 4) is 11.5 Å². The summed E-state index contributed by atoms with van der Waals surface area (Å²) in [6.45, 7) is 1.90. The molecule has 0 radical (unpaired) electrons. The van der Waals surface area contributed by atoms with Crippen LogP contribution in [0.25, 0.3) is 10.8 Å². The number of H-pyrrole nitrogens is 1. The molecule has 2 aromatic carbocycles. The summed E-state index contributed by atoms with van der Waals surface area (Å²) in [5.41, 5.74) is -4.01. The number of aromatic amines is 1.